The van der Waals surface area contributed by atoms with Gasteiger partial charge in [0, 0.05) is 25.0 Å². The molecule has 0 bridgehead atoms. The maximum absolute atomic E-state index is 11.6. The minimum atomic E-state index is 0.116. The van der Waals surface area contributed by atoms with Crippen LogP contribution in [0, 0.1) is 0 Å². The first-order valence-electron chi connectivity index (χ1n) is 7.52. The van der Waals surface area contributed by atoms with Gasteiger partial charge in [0.25, 0.3) is 0 Å². The highest BCUT2D eigenvalue weighted by Gasteiger charge is 2.28. The van der Waals surface area contributed by atoms with Crippen molar-refractivity contribution in [3.63, 3.8) is 0 Å². The highest BCUT2D eigenvalue weighted by Crippen LogP contribution is 2.20. The van der Waals surface area contributed by atoms with Crippen LogP contribution < -0.4 is 5.32 Å². The van der Waals surface area contributed by atoms with E-state index in [9.17, 15) is 4.79 Å². The van der Waals surface area contributed by atoms with E-state index in [1.165, 1.54) is 38.9 Å². The van der Waals surface area contributed by atoms with Gasteiger partial charge in [-0.25, -0.2) is 0 Å². The molecule has 0 aromatic rings. The van der Waals surface area contributed by atoms with Gasteiger partial charge in [0.05, 0.1) is 0 Å². The Hall–Kier alpha value is -0.870. The van der Waals surface area contributed by atoms with Crippen LogP contribution in [0.2, 0.25) is 0 Å². The van der Waals surface area contributed by atoms with Crippen molar-refractivity contribution in [1.82, 2.24) is 15.1 Å². The van der Waals surface area contributed by atoms with Crippen LogP contribution in [0.4, 0.5) is 0 Å². The van der Waals surface area contributed by atoms with Crippen LogP contribution in [-0.2, 0) is 4.79 Å². The molecule has 0 aromatic heterocycles. The summed E-state index contributed by atoms with van der Waals surface area (Å²) in [5.41, 5.74) is 0. The summed E-state index contributed by atoms with van der Waals surface area (Å²) >= 11 is 0. The van der Waals surface area contributed by atoms with Crippen molar-refractivity contribution in [1.29, 1.82) is 0 Å². The zero-order valence-corrected chi connectivity index (χ0v) is 12.1. The Morgan fingerprint density at radius 1 is 1.32 bits per heavy atom. The van der Waals surface area contributed by atoms with E-state index in [4.69, 9.17) is 0 Å². The molecule has 1 unspecified atom stereocenters. The largest absolute Gasteiger partial charge is 0.352 e. The lowest BCUT2D eigenvalue weighted by Crippen LogP contribution is -2.53. The molecule has 2 fully saturated rings. The van der Waals surface area contributed by atoms with Crippen molar-refractivity contribution >= 4 is 5.91 Å². The van der Waals surface area contributed by atoms with Crippen molar-refractivity contribution in [3.05, 3.63) is 12.7 Å². The number of hydrogen-bond donors (Lipinski definition) is 1. The van der Waals surface area contributed by atoms with Gasteiger partial charge >= 0.3 is 0 Å². The summed E-state index contributed by atoms with van der Waals surface area (Å²) in [6.45, 7) is 8.24. The van der Waals surface area contributed by atoms with Gasteiger partial charge < -0.3 is 10.2 Å². The lowest BCUT2D eigenvalue weighted by Gasteiger charge is -2.41. The first-order chi connectivity index (χ1) is 9.19. The van der Waals surface area contributed by atoms with Crippen LogP contribution >= 0.6 is 0 Å². The summed E-state index contributed by atoms with van der Waals surface area (Å²) < 4.78 is 0. The van der Waals surface area contributed by atoms with E-state index in [1.807, 2.05) is 0 Å². The Labute approximate surface area is 116 Å². The van der Waals surface area contributed by atoms with Crippen LogP contribution in [0.5, 0.6) is 0 Å². The normalized spacial score (nSPS) is 27.1. The Morgan fingerprint density at radius 2 is 2.05 bits per heavy atom. The number of nitrogens with zero attached hydrogens (tertiary/aromatic N) is 2. The number of carbonyl (C=O) groups excluding carboxylic acids is 1. The van der Waals surface area contributed by atoms with Gasteiger partial charge in [-0.15, -0.1) is 6.58 Å². The Kier molecular flexibility index (Phi) is 5.40. The number of likely N-dealkylation sites (tertiary alicyclic amines) is 2. The Bertz CT molecular complexity index is 311. The average Bonchev–Trinajstić information content (AvgIpc) is 2.40. The van der Waals surface area contributed by atoms with Crippen LogP contribution in [0.25, 0.3) is 0 Å². The molecule has 2 saturated heterocycles. The zero-order valence-electron chi connectivity index (χ0n) is 12.1. The fourth-order valence-electron chi connectivity index (χ4n) is 3.23. The highest BCUT2D eigenvalue weighted by atomic mass is 16.1. The van der Waals surface area contributed by atoms with E-state index in [-0.39, 0.29) is 5.91 Å². The fourth-order valence-corrected chi connectivity index (χ4v) is 3.23. The maximum atomic E-state index is 11.6. The quantitative estimate of drug-likeness (QED) is 0.777. The smallest absolute Gasteiger partial charge is 0.224 e. The highest BCUT2D eigenvalue weighted by molar-refractivity contribution is 5.77. The van der Waals surface area contributed by atoms with Crippen molar-refractivity contribution in [2.75, 3.05) is 33.2 Å². The van der Waals surface area contributed by atoms with E-state index in [0.29, 0.717) is 12.5 Å². The molecule has 19 heavy (non-hydrogen) atoms. The summed E-state index contributed by atoms with van der Waals surface area (Å²) in [5.74, 6) is 0.116. The van der Waals surface area contributed by atoms with Crippen molar-refractivity contribution in [2.24, 2.45) is 0 Å². The number of rotatable bonds is 4. The van der Waals surface area contributed by atoms with Crippen LogP contribution in [0.15, 0.2) is 12.7 Å². The van der Waals surface area contributed by atoms with Gasteiger partial charge in [0.1, 0.15) is 0 Å². The molecular weight excluding hydrogens is 238 g/mol. The number of hydrogen-bond acceptors (Lipinski definition) is 3. The Balaban J connectivity index is 1.79. The molecule has 4 nitrogen and oxygen atoms in total. The second kappa shape index (κ2) is 7.06. The second-order valence-corrected chi connectivity index (χ2v) is 5.93. The first kappa shape index (κ1) is 14.5. The summed E-state index contributed by atoms with van der Waals surface area (Å²) in [6.07, 6.45) is 6.96. The minimum Gasteiger partial charge on any atom is -0.352 e. The van der Waals surface area contributed by atoms with Crippen molar-refractivity contribution in [3.8, 4) is 0 Å². The molecule has 2 heterocycles. The van der Waals surface area contributed by atoms with Crippen LogP contribution in [0.1, 0.15) is 32.1 Å². The molecule has 1 N–H and O–H groups in total. The van der Waals surface area contributed by atoms with Crippen LogP contribution in [-0.4, -0.2) is 61.0 Å². The molecule has 0 saturated carbocycles. The fraction of sp³-hybridized carbons (Fsp3) is 0.800. The molecule has 4 heteroatoms. The molecule has 2 aliphatic rings. The van der Waals surface area contributed by atoms with Crippen molar-refractivity contribution in [2.45, 2.75) is 44.2 Å². The van der Waals surface area contributed by atoms with Gasteiger partial charge in [-0.05, 0) is 52.4 Å². The van der Waals surface area contributed by atoms with E-state index in [0.717, 1.165) is 19.0 Å². The molecule has 0 aliphatic carbocycles. The third-order valence-electron chi connectivity index (χ3n) is 4.35. The SMILES string of the molecule is C=CCC(=O)NC1CCCN(C2CCN(C)CC2)C1. The summed E-state index contributed by atoms with van der Waals surface area (Å²) in [4.78, 5) is 16.6. The van der Waals surface area contributed by atoms with E-state index in [2.05, 4.69) is 28.7 Å². The minimum absolute atomic E-state index is 0.116. The first-order valence-corrected chi connectivity index (χ1v) is 7.52. The molecule has 1 amide bonds. The number of amides is 1. The molecule has 1 atom stereocenters. The summed E-state index contributed by atoms with van der Waals surface area (Å²) in [6, 6.07) is 1.05. The molecular formula is C15H27N3O. The molecule has 0 aromatic carbocycles. The summed E-state index contributed by atoms with van der Waals surface area (Å²) in [5, 5.41) is 3.14. The van der Waals surface area contributed by atoms with Gasteiger partial charge in [0.2, 0.25) is 5.91 Å². The van der Waals surface area contributed by atoms with E-state index < -0.39 is 0 Å². The third-order valence-corrected chi connectivity index (χ3v) is 4.35. The average molecular weight is 265 g/mol. The van der Waals surface area contributed by atoms with Gasteiger partial charge in [-0.3, -0.25) is 9.69 Å². The lowest BCUT2D eigenvalue weighted by molar-refractivity contribution is -0.121. The summed E-state index contributed by atoms with van der Waals surface area (Å²) in [7, 11) is 2.20. The number of piperidine rings is 2. The van der Waals surface area contributed by atoms with Gasteiger partial charge in [-0.1, -0.05) is 6.08 Å². The zero-order chi connectivity index (χ0) is 13.7. The van der Waals surface area contributed by atoms with Crippen molar-refractivity contribution < 1.29 is 4.79 Å². The predicted octanol–water partition coefficient (Wildman–Crippen LogP) is 1.24. The predicted molar refractivity (Wildman–Crippen MR) is 78.1 cm³/mol. The molecule has 0 spiro atoms. The number of carbonyl (C=O) groups is 1. The molecule has 0 radical (unpaired) electrons. The second-order valence-electron chi connectivity index (χ2n) is 5.93. The molecule has 108 valence electrons. The number of nitrogens with one attached hydrogen (secondary N) is 1. The maximum Gasteiger partial charge on any atom is 0.224 e. The van der Waals surface area contributed by atoms with Gasteiger partial charge in [-0.2, -0.15) is 0 Å². The molecule has 2 rings (SSSR count). The molecule has 2 aliphatic heterocycles. The Morgan fingerprint density at radius 3 is 2.74 bits per heavy atom. The lowest BCUT2D eigenvalue weighted by atomic mass is 9.98. The standard InChI is InChI=1S/C15H27N3O/c1-3-5-15(19)16-13-6-4-9-18(12-13)14-7-10-17(2)11-8-14/h3,13-14H,1,4-12H2,2H3,(H,16,19). The monoisotopic (exact) mass is 265 g/mol. The third kappa shape index (κ3) is 4.32. The van der Waals surface area contributed by atoms with E-state index in [1.54, 1.807) is 6.08 Å². The topological polar surface area (TPSA) is 35.6 Å². The van der Waals surface area contributed by atoms with Crippen LogP contribution in [0.3, 0.4) is 0 Å². The van der Waals surface area contributed by atoms with Gasteiger partial charge in [0.15, 0.2) is 0 Å². The van der Waals surface area contributed by atoms with E-state index >= 15 is 0 Å².